The molecule has 0 amide bonds. The zero-order valence-corrected chi connectivity index (χ0v) is 21.2. The Kier molecular flexibility index (Phi) is 9.14. The van der Waals surface area contributed by atoms with Crippen LogP contribution in [0.1, 0.15) is 77.0 Å². The standard InChI is InChI=1S/C25H41NO4S/c1-17(2)31(28,29)12-10-8-9-11-24(27)15-23-13-19(4)25(14-18(23)3)26-16-20(5)30-22(7)21(26)6/h13-14,17,20-22H,8-12,15-16H2,1-7H3/t20-,21?,22+/m0/s1. The summed E-state index contributed by atoms with van der Waals surface area (Å²) < 4.78 is 29.7. The maximum absolute atomic E-state index is 12.5. The van der Waals surface area contributed by atoms with Crippen LogP contribution in [0.15, 0.2) is 12.1 Å². The fourth-order valence-electron chi connectivity index (χ4n) is 4.24. The molecule has 1 aliphatic heterocycles. The Morgan fingerprint density at radius 2 is 1.77 bits per heavy atom. The molecule has 1 aliphatic rings. The van der Waals surface area contributed by atoms with Gasteiger partial charge in [-0.2, -0.15) is 0 Å². The molecule has 0 aliphatic carbocycles. The molecule has 0 N–H and O–H groups in total. The van der Waals surface area contributed by atoms with Gasteiger partial charge >= 0.3 is 0 Å². The van der Waals surface area contributed by atoms with Crippen molar-refractivity contribution in [1.82, 2.24) is 0 Å². The molecule has 1 aromatic carbocycles. The zero-order chi connectivity index (χ0) is 23.3. The highest BCUT2D eigenvalue weighted by Crippen LogP contribution is 2.30. The monoisotopic (exact) mass is 451 g/mol. The van der Waals surface area contributed by atoms with E-state index in [9.17, 15) is 13.2 Å². The van der Waals surface area contributed by atoms with Crippen LogP contribution < -0.4 is 4.90 Å². The lowest BCUT2D eigenvalue weighted by molar-refractivity contribution is -0.118. The fourth-order valence-corrected chi connectivity index (χ4v) is 5.31. The number of carbonyl (C=O) groups excluding carboxylic acids is 1. The Morgan fingerprint density at radius 1 is 1.10 bits per heavy atom. The van der Waals surface area contributed by atoms with E-state index in [1.165, 1.54) is 11.3 Å². The van der Waals surface area contributed by atoms with Crippen molar-refractivity contribution in [2.75, 3.05) is 17.2 Å². The minimum absolute atomic E-state index is 0.181. The number of morpholine rings is 1. The number of unbranched alkanes of at least 4 members (excludes halogenated alkanes) is 2. The molecule has 0 spiro atoms. The first-order valence-corrected chi connectivity index (χ1v) is 13.4. The molecule has 0 radical (unpaired) electrons. The van der Waals surface area contributed by atoms with Gasteiger partial charge in [0.15, 0.2) is 9.84 Å². The first kappa shape index (κ1) is 25.9. The molecule has 1 heterocycles. The second-order valence-corrected chi connectivity index (χ2v) is 12.2. The molecule has 0 aromatic heterocycles. The predicted molar refractivity (Wildman–Crippen MR) is 129 cm³/mol. The molecular weight excluding hydrogens is 410 g/mol. The van der Waals surface area contributed by atoms with Gasteiger partial charge in [0.1, 0.15) is 5.78 Å². The van der Waals surface area contributed by atoms with Gasteiger partial charge in [-0.15, -0.1) is 0 Å². The Morgan fingerprint density at radius 3 is 2.42 bits per heavy atom. The molecule has 31 heavy (non-hydrogen) atoms. The van der Waals surface area contributed by atoms with Gasteiger partial charge in [0, 0.05) is 25.1 Å². The lowest BCUT2D eigenvalue weighted by Gasteiger charge is -2.43. The Balaban J connectivity index is 1.93. The van der Waals surface area contributed by atoms with Crippen molar-refractivity contribution < 1.29 is 17.9 Å². The van der Waals surface area contributed by atoms with E-state index >= 15 is 0 Å². The SMILES string of the molecule is Cc1cc(N2C[C@H](C)O[C@H](C)C2C)c(C)cc1CC(=O)CCCCCS(=O)(=O)C(C)C. The van der Waals surface area contributed by atoms with Crippen molar-refractivity contribution in [2.45, 2.75) is 104 Å². The highest BCUT2D eigenvalue weighted by Gasteiger charge is 2.30. The summed E-state index contributed by atoms with van der Waals surface area (Å²) in [4.78, 5) is 15.0. The third-order valence-corrected chi connectivity index (χ3v) is 8.82. The van der Waals surface area contributed by atoms with E-state index in [0.29, 0.717) is 25.3 Å². The van der Waals surface area contributed by atoms with Gasteiger partial charge in [0.2, 0.25) is 0 Å². The molecule has 3 atom stereocenters. The Labute approximate surface area is 189 Å². The Hall–Kier alpha value is -1.40. The second-order valence-electron chi connectivity index (χ2n) is 9.55. The number of ketones is 1. The topological polar surface area (TPSA) is 63.7 Å². The molecule has 1 fully saturated rings. The largest absolute Gasteiger partial charge is 0.372 e. The molecule has 1 saturated heterocycles. The highest BCUT2D eigenvalue weighted by molar-refractivity contribution is 7.91. The number of aryl methyl sites for hydroxylation is 2. The van der Waals surface area contributed by atoms with Crippen LogP contribution in [-0.2, 0) is 25.8 Å². The van der Waals surface area contributed by atoms with Crippen LogP contribution in [-0.4, -0.2) is 50.0 Å². The molecule has 0 saturated carbocycles. The summed E-state index contributed by atoms with van der Waals surface area (Å²) in [6.45, 7) is 15.0. The number of carbonyl (C=O) groups is 1. The number of hydrogen-bond donors (Lipinski definition) is 0. The quantitative estimate of drug-likeness (QED) is 0.478. The van der Waals surface area contributed by atoms with Gasteiger partial charge in [-0.25, -0.2) is 8.42 Å². The zero-order valence-electron chi connectivity index (χ0n) is 20.4. The van der Waals surface area contributed by atoms with Crippen LogP contribution in [0.5, 0.6) is 0 Å². The van der Waals surface area contributed by atoms with Gasteiger partial charge in [-0.05, 0) is 84.1 Å². The summed E-state index contributed by atoms with van der Waals surface area (Å²) >= 11 is 0. The lowest BCUT2D eigenvalue weighted by atomic mass is 9.96. The summed E-state index contributed by atoms with van der Waals surface area (Å²) in [5.74, 6) is 0.444. The van der Waals surface area contributed by atoms with Crippen molar-refractivity contribution in [2.24, 2.45) is 0 Å². The van der Waals surface area contributed by atoms with Gasteiger partial charge < -0.3 is 9.64 Å². The Bertz CT molecular complexity index is 863. The number of ether oxygens (including phenoxy) is 1. The summed E-state index contributed by atoms with van der Waals surface area (Å²) in [7, 11) is -2.98. The average Bonchev–Trinajstić information content (AvgIpc) is 2.67. The van der Waals surface area contributed by atoms with E-state index in [1.54, 1.807) is 13.8 Å². The van der Waals surface area contributed by atoms with Crippen molar-refractivity contribution in [1.29, 1.82) is 0 Å². The number of rotatable bonds is 10. The van der Waals surface area contributed by atoms with Gasteiger partial charge in [-0.3, -0.25) is 4.79 Å². The van der Waals surface area contributed by atoms with E-state index in [0.717, 1.165) is 30.5 Å². The number of hydrogen-bond acceptors (Lipinski definition) is 5. The molecule has 0 bridgehead atoms. The number of Topliss-reactive ketones (excluding diaryl/α,β-unsaturated/α-hetero) is 1. The smallest absolute Gasteiger partial charge is 0.152 e. The molecule has 176 valence electrons. The van der Waals surface area contributed by atoms with E-state index in [-0.39, 0.29) is 29.0 Å². The highest BCUT2D eigenvalue weighted by atomic mass is 32.2. The third kappa shape index (κ3) is 7.04. The summed E-state index contributed by atoms with van der Waals surface area (Å²) in [6, 6.07) is 4.69. The maximum Gasteiger partial charge on any atom is 0.152 e. The number of anilines is 1. The van der Waals surface area contributed by atoms with Crippen LogP contribution in [0.2, 0.25) is 0 Å². The summed E-state index contributed by atoms with van der Waals surface area (Å²) in [5, 5.41) is -0.324. The normalized spacial score (nSPS) is 22.2. The minimum atomic E-state index is -2.98. The molecule has 6 heteroatoms. The van der Waals surface area contributed by atoms with Crippen molar-refractivity contribution in [3.05, 3.63) is 28.8 Å². The van der Waals surface area contributed by atoms with E-state index in [4.69, 9.17) is 4.74 Å². The van der Waals surface area contributed by atoms with Gasteiger partial charge in [0.05, 0.1) is 29.3 Å². The first-order chi connectivity index (χ1) is 14.4. The van der Waals surface area contributed by atoms with Crippen LogP contribution in [0.25, 0.3) is 0 Å². The third-order valence-electron chi connectivity index (χ3n) is 6.53. The number of nitrogens with zero attached hydrogens (tertiary/aromatic N) is 1. The summed E-state index contributed by atoms with van der Waals surface area (Å²) in [6.07, 6.45) is 3.50. The molecule has 5 nitrogen and oxygen atoms in total. The molecule has 1 aromatic rings. The van der Waals surface area contributed by atoms with Crippen LogP contribution >= 0.6 is 0 Å². The van der Waals surface area contributed by atoms with Crippen LogP contribution in [0.3, 0.4) is 0 Å². The minimum Gasteiger partial charge on any atom is -0.372 e. The van der Waals surface area contributed by atoms with E-state index < -0.39 is 9.84 Å². The van der Waals surface area contributed by atoms with E-state index in [1.807, 2.05) is 0 Å². The van der Waals surface area contributed by atoms with Crippen LogP contribution in [0.4, 0.5) is 5.69 Å². The van der Waals surface area contributed by atoms with Crippen molar-refractivity contribution in [3.63, 3.8) is 0 Å². The fraction of sp³-hybridized carbons (Fsp3) is 0.720. The predicted octanol–water partition coefficient (Wildman–Crippen LogP) is 4.80. The van der Waals surface area contributed by atoms with Gasteiger partial charge in [0.25, 0.3) is 0 Å². The molecule has 1 unspecified atom stereocenters. The second kappa shape index (κ2) is 11.0. The number of benzene rings is 1. The molecular formula is C25H41NO4S. The van der Waals surface area contributed by atoms with Crippen molar-refractivity contribution >= 4 is 21.3 Å². The maximum atomic E-state index is 12.5. The van der Waals surface area contributed by atoms with E-state index in [2.05, 4.69) is 51.7 Å². The number of sulfone groups is 1. The molecule has 2 rings (SSSR count). The summed E-state index contributed by atoms with van der Waals surface area (Å²) in [5.41, 5.74) is 4.67. The van der Waals surface area contributed by atoms with Gasteiger partial charge in [-0.1, -0.05) is 12.5 Å². The van der Waals surface area contributed by atoms with Crippen molar-refractivity contribution in [3.8, 4) is 0 Å². The lowest BCUT2D eigenvalue weighted by Crippen LogP contribution is -2.52. The first-order valence-electron chi connectivity index (χ1n) is 11.7. The average molecular weight is 452 g/mol. The van der Waals surface area contributed by atoms with Crippen LogP contribution in [0, 0.1) is 13.8 Å².